The summed E-state index contributed by atoms with van der Waals surface area (Å²) in [4.78, 5) is 17.7. The lowest BCUT2D eigenvalue weighted by molar-refractivity contribution is 0.220. The van der Waals surface area contributed by atoms with E-state index in [9.17, 15) is 0 Å². The Morgan fingerprint density at radius 1 is 1.24 bits per heavy atom. The van der Waals surface area contributed by atoms with Gasteiger partial charge in [-0.15, -0.1) is 0 Å². The maximum atomic E-state index is 5.42. The van der Waals surface area contributed by atoms with Gasteiger partial charge in [0.2, 0.25) is 11.9 Å². The maximum Gasteiger partial charge on any atom is 0.323 e. The highest BCUT2D eigenvalue weighted by atomic mass is 16.5. The second-order valence-corrected chi connectivity index (χ2v) is 5.20. The molecule has 0 unspecified atom stereocenters. The zero-order valence-electron chi connectivity index (χ0n) is 13.5. The highest BCUT2D eigenvalue weighted by Crippen LogP contribution is 2.21. The van der Waals surface area contributed by atoms with Gasteiger partial charge in [-0.3, -0.25) is 0 Å². The van der Waals surface area contributed by atoms with Crippen LogP contribution in [0.2, 0.25) is 0 Å². The van der Waals surface area contributed by atoms with Crippen LogP contribution in [0.4, 0.5) is 11.9 Å². The molecule has 0 bridgehead atoms. The van der Waals surface area contributed by atoms with Crippen molar-refractivity contribution in [2.24, 2.45) is 0 Å². The minimum atomic E-state index is 0.379. The molecule has 1 N–H and O–H groups in total. The van der Waals surface area contributed by atoms with Crippen LogP contribution in [-0.2, 0) is 0 Å². The van der Waals surface area contributed by atoms with Gasteiger partial charge in [-0.25, -0.2) is 0 Å². The van der Waals surface area contributed by atoms with Crippen molar-refractivity contribution in [2.45, 2.75) is 32.7 Å². The summed E-state index contributed by atoms with van der Waals surface area (Å²) in [6.45, 7) is 8.07. The van der Waals surface area contributed by atoms with E-state index >= 15 is 0 Å². The maximum absolute atomic E-state index is 5.42. The van der Waals surface area contributed by atoms with E-state index in [-0.39, 0.29) is 0 Å². The van der Waals surface area contributed by atoms with Gasteiger partial charge in [-0.2, -0.15) is 15.0 Å². The van der Waals surface area contributed by atoms with Gasteiger partial charge in [-0.1, -0.05) is 6.92 Å². The predicted octanol–water partition coefficient (Wildman–Crippen LogP) is 1.23. The highest BCUT2D eigenvalue weighted by Gasteiger charge is 2.24. The van der Waals surface area contributed by atoms with Crippen LogP contribution in [-0.4, -0.2) is 66.2 Å². The number of anilines is 2. The lowest BCUT2D eigenvalue weighted by atomic mass is 10.0. The largest absolute Gasteiger partial charge is 0.464 e. The molecule has 0 radical (unpaired) electrons. The molecule has 7 heteroatoms. The van der Waals surface area contributed by atoms with Crippen LogP contribution < -0.4 is 15.0 Å². The minimum Gasteiger partial charge on any atom is -0.464 e. The molecule has 2 heterocycles. The Morgan fingerprint density at radius 3 is 2.52 bits per heavy atom. The van der Waals surface area contributed by atoms with E-state index in [0.29, 0.717) is 30.6 Å². The van der Waals surface area contributed by atoms with Gasteiger partial charge in [-0.05, 0) is 26.3 Å². The molecule has 1 aliphatic heterocycles. The minimum absolute atomic E-state index is 0.379. The summed E-state index contributed by atoms with van der Waals surface area (Å²) in [5.74, 6) is 1.22. The molecule has 0 amide bonds. The summed E-state index contributed by atoms with van der Waals surface area (Å²) in [7, 11) is 3.85. The fraction of sp³-hybridized carbons (Fsp3) is 0.786. The summed E-state index contributed by atoms with van der Waals surface area (Å²) >= 11 is 0. The van der Waals surface area contributed by atoms with Crippen molar-refractivity contribution >= 4 is 11.9 Å². The number of hydrogen-bond donors (Lipinski definition) is 1. The zero-order chi connectivity index (χ0) is 15.2. The molecule has 21 heavy (non-hydrogen) atoms. The number of ether oxygens (including phenoxy) is 1. The molecule has 118 valence electrons. The number of nitrogens with one attached hydrogen (secondary N) is 1. The molecule has 1 saturated heterocycles. The summed E-state index contributed by atoms with van der Waals surface area (Å²) in [6, 6.07) is 0.846. The van der Waals surface area contributed by atoms with Crippen LogP contribution >= 0.6 is 0 Å². The summed E-state index contributed by atoms with van der Waals surface area (Å²) < 4.78 is 5.42. The van der Waals surface area contributed by atoms with Gasteiger partial charge in [0.1, 0.15) is 0 Å². The monoisotopic (exact) mass is 294 g/mol. The Balaban J connectivity index is 2.10. The van der Waals surface area contributed by atoms with Gasteiger partial charge in [0.15, 0.2) is 0 Å². The standard InChI is InChI=1S/C14H26N6O/c1-5-20-9-7-11(8-10-20)19(4)13-16-12(15-3)17-14(18-13)21-6-2/h11H,5-10H2,1-4H3,(H,15,16,17,18). The van der Waals surface area contributed by atoms with Gasteiger partial charge < -0.3 is 19.9 Å². The van der Waals surface area contributed by atoms with Gasteiger partial charge >= 0.3 is 6.01 Å². The van der Waals surface area contributed by atoms with Crippen molar-refractivity contribution < 1.29 is 4.74 Å². The molecule has 1 aliphatic rings. The molecule has 0 aliphatic carbocycles. The first-order valence-corrected chi connectivity index (χ1v) is 7.69. The van der Waals surface area contributed by atoms with Crippen LogP contribution in [0.15, 0.2) is 0 Å². The second-order valence-electron chi connectivity index (χ2n) is 5.20. The SMILES string of the molecule is CCOc1nc(NC)nc(N(C)C2CCN(CC)CC2)n1. The normalized spacial score (nSPS) is 16.8. The van der Waals surface area contributed by atoms with E-state index < -0.39 is 0 Å². The van der Waals surface area contributed by atoms with Crippen LogP contribution in [0, 0.1) is 0 Å². The average Bonchev–Trinajstić information content (AvgIpc) is 2.54. The van der Waals surface area contributed by atoms with E-state index in [0.717, 1.165) is 32.5 Å². The van der Waals surface area contributed by atoms with Crippen molar-refractivity contribution in [1.82, 2.24) is 19.9 Å². The Labute approximate surface area is 126 Å². The molecule has 1 fully saturated rings. The topological polar surface area (TPSA) is 66.4 Å². The number of nitrogens with zero attached hydrogens (tertiary/aromatic N) is 5. The van der Waals surface area contributed by atoms with E-state index in [1.807, 2.05) is 6.92 Å². The van der Waals surface area contributed by atoms with E-state index in [2.05, 4.69) is 44.0 Å². The number of likely N-dealkylation sites (tertiary alicyclic amines) is 1. The van der Waals surface area contributed by atoms with Gasteiger partial charge in [0.05, 0.1) is 6.61 Å². The first-order chi connectivity index (χ1) is 10.2. The molecule has 0 atom stereocenters. The fourth-order valence-corrected chi connectivity index (χ4v) is 2.60. The van der Waals surface area contributed by atoms with Gasteiger partial charge in [0.25, 0.3) is 0 Å². The molecule has 1 aromatic heterocycles. The van der Waals surface area contributed by atoms with Crippen LogP contribution in [0.3, 0.4) is 0 Å². The number of rotatable bonds is 6. The molecular formula is C14H26N6O. The smallest absolute Gasteiger partial charge is 0.323 e. The van der Waals surface area contributed by atoms with Crippen molar-refractivity contribution in [3.05, 3.63) is 0 Å². The summed E-state index contributed by atoms with van der Waals surface area (Å²) in [5.41, 5.74) is 0. The van der Waals surface area contributed by atoms with Crippen LogP contribution in [0.1, 0.15) is 26.7 Å². The third kappa shape index (κ3) is 3.93. The highest BCUT2D eigenvalue weighted by molar-refractivity contribution is 5.38. The number of aromatic nitrogens is 3. The van der Waals surface area contributed by atoms with E-state index in [1.54, 1.807) is 7.05 Å². The molecule has 0 saturated carbocycles. The Kier molecular flexibility index (Phi) is 5.55. The Bertz CT molecular complexity index is 447. The lowest BCUT2D eigenvalue weighted by Gasteiger charge is -2.36. The molecule has 1 aromatic rings. The second kappa shape index (κ2) is 7.40. The van der Waals surface area contributed by atoms with E-state index in [1.165, 1.54) is 0 Å². The molecule has 0 aromatic carbocycles. The summed E-state index contributed by atoms with van der Waals surface area (Å²) in [6.07, 6.45) is 2.27. The zero-order valence-corrected chi connectivity index (χ0v) is 13.5. The Morgan fingerprint density at radius 2 is 1.95 bits per heavy atom. The van der Waals surface area contributed by atoms with Crippen LogP contribution in [0.5, 0.6) is 6.01 Å². The van der Waals surface area contributed by atoms with Crippen molar-refractivity contribution in [2.75, 3.05) is 50.6 Å². The molecular weight excluding hydrogens is 268 g/mol. The fourth-order valence-electron chi connectivity index (χ4n) is 2.60. The first-order valence-electron chi connectivity index (χ1n) is 7.69. The van der Waals surface area contributed by atoms with E-state index in [4.69, 9.17) is 4.74 Å². The summed E-state index contributed by atoms with van der Waals surface area (Å²) in [5, 5.41) is 2.96. The van der Waals surface area contributed by atoms with Crippen molar-refractivity contribution in [3.8, 4) is 6.01 Å². The predicted molar refractivity (Wildman–Crippen MR) is 84.1 cm³/mol. The third-order valence-electron chi connectivity index (χ3n) is 3.97. The molecule has 2 rings (SSSR count). The molecule has 7 nitrogen and oxygen atoms in total. The van der Waals surface area contributed by atoms with Crippen molar-refractivity contribution in [3.63, 3.8) is 0 Å². The average molecular weight is 294 g/mol. The molecule has 0 spiro atoms. The number of hydrogen-bond acceptors (Lipinski definition) is 7. The first kappa shape index (κ1) is 15.8. The lowest BCUT2D eigenvalue weighted by Crippen LogP contribution is -2.44. The van der Waals surface area contributed by atoms with Crippen molar-refractivity contribution in [1.29, 1.82) is 0 Å². The Hall–Kier alpha value is -1.63. The third-order valence-corrected chi connectivity index (χ3v) is 3.97. The quantitative estimate of drug-likeness (QED) is 0.846. The van der Waals surface area contributed by atoms with Gasteiger partial charge in [0, 0.05) is 33.2 Å². The van der Waals surface area contributed by atoms with Crippen LogP contribution in [0.25, 0.3) is 0 Å². The number of piperidine rings is 1.